The fourth-order valence-corrected chi connectivity index (χ4v) is 2.77. The van der Waals surface area contributed by atoms with Crippen LogP contribution in [0.5, 0.6) is 0 Å². The third-order valence-electron chi connectivity index (χ3n) is 4.07. The summed E-state index contributed by atoms with van der Waals surface area (Å²) in [5.74, 6) is -0.869. The van der Waals surface area contributed by atoms with Crippen molar-refractivity contribution < 1.29 is 14.4 Å². The van der Waals surface area contributed by atoms with Gasteiger partial charge in [0.1, 0.15) is 0 Å². The van der Waals surface area contributed by atoms with Crippen molar-refractivity contribution in [3.8, 4) is 0 Å². The number of rotatable bonds is 5. The lowest BCUT2D eigenvalue weighted by atomic mass is 9.97. The van der Waals surface area contributed by atoms with Crippen LogP contribution in [0.15, 0.2) is 30.3 Å². The van der Waals surface area contributed by atoms with E-state index in [9.17, 15) is 14.4 Å². The van der Waals surface area contributed by atoms with Gasteiger partial charge in [0, 0.05) is 31.1 Å². The monoisotopic (exact) mass is 317 g/mol. The zero-order valence-electron chi connectivity index (χ0n) is 13.3. The van der Waals surface area contributed by atoms with E-state index in [-0.39, 0.29) is 36.1 Å². The molecule has 0 bridgehead atoms. The zero-order chi connectivity index (χ0) is 16.8. The molecule has 1 aliphatic rings. The van der Waals surface area contributed by atoms with Gasteiger partial charge in [-0.05, 0) is 31.9 Å². The molecule has 3 N–H and O–H groups in total. The molecule has 2 unspecified atom stereocenters. The first-order valence-corrected chi connectivity index (χ1v) is 7.90. The van der Waals surface area contributed by atoms with Gasteiger partial charge < -0.3 is 16.0 Å². The molecular weight excluding hydrogens is 294 g/mol. The minimum Gasteiger partial charge on any atom is -0.369 e. The highest BCUT2D eigenvalue weighted by Crippen LogP contribution is 2.17. The van der Waals surface area contributed by atoms with Crippen LogP contribution in [-0.4, -0.2) is 41.8 Å². The van der Waals surface area contributed by atoms with E-state index in [1.54, 1.807) is 36.1 Å². The summed E-state index contributed by atoms with van der Waals surface area (Å²) in [4.78, 5) is 37.3. The van der Waals surface area contributed by atoms with E-state index < -0.39 is 0 Å². The van der Waals surface area contributed by atoms with Gasteiger partial charge in [0.2, 0.25) is 11.8 Å². The summed E-state index contributed by atoms with van der Waals surface area (Å²) in [7, 11) is 0. The fraction of sp³-hybridized carbons (Fsp3) is 0.471. The highest BCUT2D eigenvalue weighted by atomic mass is 16.2. The molecule has 1 aliphatic heterocycles. The van der Waals surface area contributed by atoms with Gasteiger partial charge >= 0.3 is 0 Å². The summed E-state index contributed by atoms with van der Waals surface area (Å²) < 4.78 is 0. The third kappa shape index (κ3) is 4.81. The molecule has 0 radical (unpaired) electrons. The molecule has 1 fully saturated rings. The van der Waals surface area contributed by atoms with Crippen molar-refractivity contribution in [2.75, 3.05) is 13.1 Å². The smallest absolute Gasteiger partial charge is 0.251 e. The van der Waals surface area contributed by atoms with Gasteiger partial charge in [-0.1, -0.05) is 18.2 Å². The van der Waals surface area contributed by atoms with E-state index in [2.05, 4.69) is 5.32 Å². The van der Waals surface area contributed by atoms with Gasteiger partial charge in [-0.25, -0.2) is 0 Å². The normalized spacial score (nSPS) is 19.0. The van der Waals surface area contributed by atoms with Crippen molar-refractivity contribution in [2.45, 2.75) is 32.2 Å². The molecule has 124 valence electrons. The van der Waals surface area contributed by atoms with Crippen molar-refractivity contribution in [3.63, 3.8) is 0 Å². The molecular formula is C17H23N3O3. The second-order valence-corrected chi connectivity index (χ2v) is 6.03. The van der Waals surface area contributed by atoms with Crippen molar-refractivity contribution in [3.05, 3.63) is 35.9 Å². The third-order valence-corrected chi connectivity index (χ3v) is 4.07. The van der Waals surface area contributed by atoms with E-state index in [0.29, 0.717) is 18.7 Å². The zero-order valence-corrected chi connectivity index (χ0v) is 13.3. The van der Waals surface area contributed by atoms with Crippen molar-refractivity contribution in [1.29, 1.82) is 0 Å². The largest absolute Gasteiger partial charge is 0.369 e. The number of likely N-dealkylation sites (tertiary alicyclic amines) is 1. The number of carbonyl (C=O) groups is 3. The van der Waals surface area contributed by atoms with E-state index in [4.69, 9.17) is 5.73 Å². The molecule has 1 saturated heterocycles. The number of benzene rings is 1. The van der Waals surface area contributed by atoms with Crippen LogP contribution in [0, 0.1) is 5.92 Å². The highest BCUT2D eigenvalue weighted by molar-refractivity contribution is 5.94. The lowest BCUT2D eigenvalue weighted by Crippen LogP contribution is -2.46. The Balaban J connectivity index is 1.85. The Labute approximate surface area is 136 Å². The molecule has 2 rings (SSSR count). The predicted molar refractivity (Wildman–Crippen MR) is 86.5 cm³/mol. The van der Waals surface area contributed by atoms with E-state index in [1.165, 1.54) is 0 Å². The Morgan fingerprint density at radius 1 is 1.30 bits per heavy atom. The van der Waals surface area contributed by atoms with Gasteiger partial charge in [0.15, 0.2) is 0 Å². The molecule has 1 aromatic rings. The molecule has 6 heteroatoms. The molecule has 6 nitrogen and oxygen atoms in total. The minimum absolute atomic E-state index is 0.0585. The average Bonchev–Trinajstić information content (AvgIpc) is 2.55. The summed E-state index contributed by atoms with van der Waals surface area (Å²) >= 11 is 0. The maximum atomic E-state index is 12.3. The van der Waals surface area contributed by atoms with Crippen LogP contribution in [-0.2, 0) is 9.59 Å². The summed E-state index contributed by atoms with van der Waals surface area (Å²) in [6.07, 6.45) is 1.73. The lowest BCUT2D eigenvalue weighted by molar-refractivity contribution is -0.135. The molecule has 2 atom stereocenters. The van der Waals surface area contributed by atoms with Gasteiger partial charge in [0.05, 0.1) is 5.92 Å². The molecule has 1 aromatic carbocycles. The van der Waals surface area contributed by atoms with Crippen LogP contribution in [0.3, 0.4) is 0 Å². The Morgan fingerprint density at radius 2 is 2.00 bits per heavy atom. The average molecular weight is 317 g/mol. The Morgan fingerprint density at radius 3 is 2.65 bits per heavy atom. The van der Waals surface area contributed by atoms with Gasteiger partial charge in [-0.2, -0.15) is 0 Å². The molecule has 0 aromatic heterocycles. The predicted octanol–water partition coefficient (Wildman–Crippen LogP) is 0.919. The lowest BCUT2D eigenvalue weighted by Gasteiger charge is -2.32. The molecule has 3 amide bonds. The maximum Gasteiger partial charge on any atom is 0.251 e. The Kier molecular flexibility index (Phi) is 5.73. The molecule has 0 spiro atoms. The fourth-order valence-electron chi connectivity index (χ4n) is 2.77. The number of hydrogen-bond acceptors (Lipinski definition) is 3. The van der Waals surface area contributed by atoms with Gasteiger partial charge in [0.25, 0.3) is 5.91 Å². The van der Waals surface area contributed by atoms with Crippen LogP contribution in [0.25, 0.3) is 0 Å². The van der Waals surface area contributed by atoms with Crippen molar-refractivity contribution in [2.24, 2.45) is 11.7 Å². The number of nitrogens with zero attached hydrogens (tertiary/aromatic N) is 1. The minimum atomic E-state index is -0.354. The number of hydrogen-bond donors (Lipinski definition) is 2. The van der Waals surface area contributed by atoms with Crippen molar-refractivity contribution >= 4 is 17.7 Å². The molecule has 0 aliphatic carbocycles. The quantitative estimate of drug-likeness (QED) is 0.845. The number of nitrogens with one attached hydrogen (secondary N) is 1. The molecule has 0 saturated carbocycles. The van der Waals surface area contributed by atoms with Crippen molar-refractivity contribution in [1.82, 2.24) is 10.2 Å². The summed E-state index contributed by atoms with van der Waals surface area (Å²) in [6.45, 7) is 2.82. The molecule has 23 heavy (non-hydrogen) atoms. The molecule has 1 heterocycles. The maximum absolute atomic E-state index is 12.3. The van der Waals surface area contributed by atoms with E-state index in [0.717, 1.165) is 12.8 Å². The highest BCUT2D eigenvalue weighted by Gasteiger charge is 2.27. The summed E-state index contributed by atoms with van der Waals surface area (Å²) in [6, 6.07) is 8.61. The SMILES string of the molecule is CC(CC(=O)N1CCCC(C(N)=O)C1)NC(=O)c1ccccc1. The summed E-state index contributed by atoms with van der Waals surface area (Å²) in [5.41, 5.74) is 5.90. The van der Waals surface area contributed by atoms with Crippen LogP contribution in [0.2, 0.25) is 0 Å². The first-order valence-electron chi connectivity index (χ1n) is 7.90. The van der Waals surface area contributed by atoms with E-state index >= 15 is 0 Å². The topological polar surface area (TPSA) is 92.5 Å². The van der Waals surface area contributed by atoms with Crippen LogP contribution in [0.1, 0.15) is 36.5 Å². The first kappa shape index (κ1) is 17.0. The number of amides is 3. The summed E-state index contributed by atoms with van der Waals surface area (Å²) in [5, 5.41) is 2.82. The Bertz CT molecular complexity index is 574. The first-order chi connectivity index (χ1) is 11.0. The van der Waals surface area contributed by atoms with Crippen LogP contribution in [0.4, 0.5) is 0 Å². The number of piperidine rings is 1. The number of carbonyl (C=O) groups excluding carboxylic acids is 3. The standard InChI is InChI=1S/C17H23N3O3/c1-12(19-17(23)13-6-3-2-4-7-13)10-15(21)20-9-5-8-14(11-20)16(18)22/h2-4,6-7,12,14H,5,8-11H2,1H3,(H2,18,22)(H,19,23). The van der Waals surface area contributed by atoms with Gasteiger partial charge in [-0.15, -0.1) is 0 Å². The number of primary amides is 1. The van der Waals surface area contributed by atoms with E-state index in [1.807, 2.05) is 6.07 Å². The van der Waals surface area contributed by atoms with Gasteiger partial charge in [-0.3, -0.25) is 14.4 Å². The Hall–Kier alpha value is -2.37. The van der Waals surface area contributed by atoms with Crippen LogP contribution >= 0.6 is 0 Å². The second-order valence-electron chi connectivity index (χ2n) is 6.03. The second kappa shape index (κ2) is 7.76. The van der Waals surface area contributed by atoms with Crippen LogP contribution < -0.4 is 11.1 Å². The number of nitrogens with two attached hydrogens (primary N) is 1.